The van der Waals surface area contributed by atoms with E-state index in [9.17, 15) is 9.59 Å². The lowest BCUT2D eigenvalue weighted by Crippen LogP contribution is -2.42. The lowest BCUT2D eigenvalue weighted by molar-refractivity contribution is -0.153. The van der Waals surface area contributed by atoms with Crippen molar-refractivity contribution in [2.24, 2.45) is 11.3 Å². The predicted octanol–water partition coefficient (Wildman–Crippen LogP) is 1.04. The van der Waals surface area contributed by atoms with Crippen molar-refractivity contribution < 1.29 is 23.8 Å². The smallest absolute Gasteiger partial charge is 0.410 e. The molecule has 0 spiro atoms. The average molecular weight is 271 g/mol. The second-order valence-corrected chi connectivity index (χ2v) is 6.22. The molecule has 0 aliphatic carbocycles. The first-order chi connectivity index (χ1) is 8.78. The van der Waals surface area contributed by atoms with E-state index in [1.807, 2.05) is 20.8 Å². The molecule has 2 aliphatic heterocycles. The standard InChI is InChI=1S/C13H21NO5/c1-12(2,3)19-11(16)14-5-9-6-18-8-13(9,7-14)10(15)17-4/h9H,5-8H2,1-4H3/t9-,13+/m1/s1. The van der Waals surface area contributed by atoms with Crippen LogP contribution in [-0.4, -0.2) is 56.0 Å². The van der Waals surface area contributed by atoms with Crippen molar-refractivity contribution in [3.8, 4) is 0 Å². The molecule has 0 aromatic rings. The molecule has 6 heteroatoms. The lowest BCUT2D eigenvalue weighted by atomic mass is 9.81. The predicted molar refractivity (Wildman–Crippen MR) is 66.6 cm³/mol. The molecule has 2 rings (SSSR count). The van der Waals surface area contributed by atoms with Gasteiger partial charge in [-0.05, 0) is 20.8 Å². The number of nitrogens with zero attached hydrogens (tertiary/aromatic N) is 1. The van der Waals surface area contributed by atoms with Gasteiger partial charge in [-0.1, -0.05) is 0 Å². The molecule has 0 unspecified atom stereocenters. The molecule has 6 nitrogen and oxygen atoms in total. The number of likely N-dealkylation sites (tertiary alicyclic amines) is 1. The Kier molecular flexibility index (Phi) is 3.47. The molecule has 2 fully saturated rings. The minimum atomic E-state index is -0.717. The zero-order valence-corrected chi connectivity index (χ0v) is 11.9. The molecule has 19 heavy (non-hydrogen) atoms. The maximum atomic E-state index is 12.1. The van der Waals surface area contributed by atoms with Crippen LogP contribution in [0.3, 0.4) is 0 Å². The molecule has 0 bridgehead atoms. The largest absolute Gasteiger partial charge is 0.468 e. The summed E-state index contributed by atoms with van der Waals surface area (Å²) in [4.78, 5) is 25.6. The fraction of sp³-hybridized carbons (Fsp3) is 0.846. The number of carbonyl (C=O) groups excluding carboxylic acids is 2. The number of carbonyl (C=O) groups is 2. The Hall–Kier alpha value is -1.30. The van der Waals surface area contributed by atoms with Crippen LogP contribution in [0.2, 0.25) is 0 Å². The van der Waals surface area contributed by atoms with Gasteiger partial charge in [-0.25, -0.2) is 4.79 Å². The second kappa shape index (κ2) is 4.67. The van der Waals surface area contributed by atoms with E-state index >= 15 is 0 Å². The first-order valence-electron chi connectivity index (χ1n) is 6.42. The highest BCUT2D eigenvalue weighted by Gasteiger charge is 2.58. The molecule has 1 amide bonds. The molecular formula is C13H21NO5. The highest BCUT2D eigenvalue weighted by atomic mass is 16.6. The summed E-state index contributed by atoms with van der Waals surface area (Å²) < 4.78 is 15.6. The molecule has 2 atom stereocenters. The Morgan fingerprint density at radius 1 is 1.37 bits per heavy atom. The van der Waals surface area contributed by atoms with E-state index in [-0.39, 0.29) is 18.0 Å². The summed E-state index contributed by atoms with van der Waals surface area (Å²) in [5.41, 5.74) is -1.25. The summed E-state index contributed by atoms with van der Waals surface area (Å²) in [6.07, 6.45) is -0.384. The first kappa shape index (κ1) is 14.1. The van der Waals surface area contributed by atoms with Crippen LogP contribution in [0.1, 0.15) is 20.8 Å². The molecule has 0 aromatic carbocycles. The fourth-order valence-corrected chi connectivity index (χ4v) is 2.69. The van der Waals surface area contributed by atoms with Crippen molar-refractivity contribution in [1.82, 2.24) is 4.90 Å². The fourth-order valence-electron chi connectivity index (χ4n) is 2.69. The van der Waals surface area contributed by atoms with Crippen LogP contribution in [0.5, 0.6) is 0 Å². The SMILES string of the molecule is COC(=O)[C@@]12COC[C@H]1CN(C(=O)OC(C)(C)C)C2. The zero-order valence-electron chi connectivity index (χ0n) is 11.9. The van der Waals surface area contributed by atoms with Crippen molar-refractivity contribution in [2.45, 2.75) is 26.4 Å². The zero-order chi connectivity index (χ0) is 14.3. The Morgan fingerprint density at radius 2 is 2.05 bits per heavy atom. The molecule has 0 saturated carbocycles. The van der Waals surface area contributed by atoms with E-state index in [1.165, 1.54) is 7.11 Å². The summed E-state index contributed by atoms with van der Waals surface area (Å²) in [6.45, 7) is 7.03. The highest BCUT2D eigenvalue weighted by molar-refractivity contribution is 5.80. The van der Waals surface area contributed by atoms with Gasteiger partial charge < -0.3 is 19.1 Å². The van der Waals surface area contributed by atoms with Gasteiger partial charge in [0.2, 0.25) is 0 Å². The van der Waals surface area contributed by atoms with Crippen LogP contribution >= 0.6 is 0 Å². The van der Waals surface area contributed by atoms with Gasteiger partial charge in [0.25, 0.3) is 0 Å². The molecule has 2 saturated heterocycles. The monoisotopic (exact) mass is 271 g/mol. The van der Waals surface area contributed by atoms with Gasteiger partial charge in [0.15, 0.2) is 0 Å². The molecule has 0 aromatic heterocycles. The number of amides is 1. The van der Waals surface area contributed by atoms with Crippen LogP contribution in [0.4, 0.5) is 4.79 Å². The quantitative estimate of drug-likeness (QED) is 0.667. The van der Waals surface area contributed by atoms with E-state index in [0.717, 1.165) is 0 Å². The Balaban J connectivity index is 2.09. The topological polar surface area (TPSA) is 65.1 Å². The molecule has 2 heterocycles. The third-order valence-electron chi connectivity index (χ3n) is 3.62. The minimum Gasteiger partial charge on any atom is -0.468 e. The number of rotatable bonds is 1. The molecule has 2 aliphatic rings. The minimum absolute atomic E-state index is 0.00697. The van der Waals surface area contributed by atoms with Crippen LogP contribution in [-0.2, 0) is 19.0 Å². The lowest BCUT2D eigenvalue weighted by Gasteiger charge is -2.26. The van der Waals surface area contributed by atoms with E-state index in [4.69, 9.17) is 14.2 Å². The Morgan fingerprint density at radius 3 is 2.63 bits per heavy atom. The van der Waals surface area contributed by atoms with Crippen molar-refractivity contribution in [2.75, 3.05) is 33.4 Å². The van der Waals surface area contributed by atoms with E-state index in [0.29, 0.717) is 26.3 Å². The van der Waals surface area contributed by atoms with Crippen LogP contribution < -0.4 is 0 Å². The van der Waals surface area contributed by atoms with Crippen molar-refractivity contribution >= 4 is 12.1 Å². The van der Waals surface area contributed by atoms with Crippen molar-refractivity contribution in [3.63, 3.8) is 0 Å². The van der Waals surface area contributed by atoms with Gasteiger partial charge in [0, 0.05) is 19.0 Å². The first-order valence-corrected chi connectivity index (χ1v) is 6.42. The van der Waals surface area contributed by atoms with Gasteiger partial charge in [-0.15, -0.1) is 0 Å². The summed E-state index contributed by atoms with van der Waals surface area (Å²) in [7, 11) is 1.36. The Labute approximate surface area is 113 Å². The van der Waals surface area contributed by atoms with Crippen LogP contribution in [0.25, 0.3) is 0 Å². The maximum absolute atomic E-state index is 12.1. The Bertz CT molecular complexity index is 389. The van der Waals surface area contributed by atoms with E-state index in [2.05, 4.69) is 0 Å². The number of hydrogen-bond acceptors (Lipinski definition) is 5. The van der Waals surface area contributed by atoms with Crippen molar-refractivity contribution in [1.29, 1.82) is 0 Å². The van der Waals surface area contributed by atoms with Crippen LogP contribution in [0, 0.1) is 11.3 Å². The number of hydrogen-bond donors (Lipinski definition) is 0. The molecule has 108 valence electrons. The third-order valence-corrected chi connectivity index (χ3v) is 3.62. The third kappa shape index (κ3) is 2.54. The van der Waals surface area contributed by atoms with Crippen LogP contribution in [0.15, 0.2) is 0 Å². The molecule has 0 radical (unpaired) electrons. The molecule has 0 N–H and O–H groups in total. The number of ether oxygens (including phenoxy) is 3. The van der Waals surface area contributed by atoms with Gasteiger partial charge in [0.05, 0.1) is 20.3 Å². The average Bonchev–Trinajstić information content (AvgIpc) is 2.82. The summed E-state index contributed by atoms with van der Waals surface area (Å²) in [5, 5.41) is 0. The number of esters is 1. The number of methoxy groups -OCH3 is 1. The summed E-state index contributed by atoms with van der Waals surface area (Å²) >= 11 is 0. The number of fused-ring (bicyclic) bond motifs is 1. The van der Waals surface area contributed by atoms with Gasteiger partial charge in [-0.2, -0.15) is 0 Å². The normalized spacial score (nSPS) is 30.1. The molecular weight excluding hydrogens is 250 g/mol. The van der Waals surface area contributed by atoms with Crippen molar-refractivity contribution in [3.05, 3.63) is 0 Å². The van der Waals surface area contributed by atoms with E-state index < -0.39 is 11.0 Å². The maximum Gasteiger partial charge on any atom is 0.410 e. The van der Waals surface area contributed by atoms with Gasteiger partial charge >= 0.3 is 12.1 Å². The van der Waals surface area contributed by atoms with Gasteiger partial charge in [0.1, 0.15) is 11.0 Å². The van der Waals surface area contributed by atoms with E-state index in [1.54, 1.807) is 4.90 Å². The summed E-state index contributed by atoms with van der Waals surface area (Å²) in [5.74, 6) is -0.312. The summed E-state index contributed by atoms with van der Waals surface area (Å²) in [6, 6.07) is 0. The van der Waals surface area contributed by atoms with Gasteiger partial charge in [-0.3, -0.25) is 4.79 Å². The second-order valence-electron chi connectivity index (χ2n) is 6.22. The highest BCUT2D eigenvalue weighted by Crippen LogP contribution is 2.42.